The molecule has 0 spiro atoms. The number of alkyl halides is 3. The quantitative estimate of drug-likeness (QED) is 0.438. The van der Waals surface area contributed by atoms with Crippen molar-refractivity contribution in [3.05, 3.63) is 46.3 Å². The van der Waals surface area contributed by atoms with Gasteiger partial charge in [-0.15, -0.1) is 0 Å². The van der Waals surface area contributed by atoms with Gasteiger partial charge < -0.3 is 5.43 Å². The van der Waals surface area contributed by atoms with Gasteiger partial charge in [0.05, 0.1) is 16.3 Å². The van der Waals surface area contributed by atoms with Crippen molar-refractivity contribution in [1.82, 2.24) is 5.43 Å². The lowest BCUT2D eigenvalue weighted by Crippen LogP contribution is -2.30. The Morgan fingerprint density at radius 2 is 1.95 bits per heavy atom. The van der Waals surface area contributed by atoms with Gasteiger partial charge in [-0.25, -0.2) is 15.2 Å². The van der Waals surface area contributed by atoms with Gasteiger partial charge >= 0.3 is 6.18 Å². The maximum absolute atomic E-state index is 13.5. The van der Waals surface area contributed by atoms with Gasteiger partial charge in [0.1, 0.15) is 5.82 Å². The minimum atomic E-state index is -4.78. The molecule has 0 amide bonds. The first-order valence-corrected chi connectivity index (χ1v) is 5.71. The average Bonchev–Trinajstić information content (AvgIpc) is 2.34. The minimum absolute atomic E-state index is 0.00838. The number of hydrogen-bond acceptors (Lipinski definition) is 3. The molecule has 8 heteroatoms. The highest BCUT2D eigenvalue weighted by Gasteiger charge is 2.34. The van der Waals surface area contributed by atoms with Crippen molar-refractivity contribution < 1.29 is 17.6 Å². The number of allylic oxidation sites excluding steroid dienone is 2. The molecule has 0 aliphatic carbocycles. The van der Waals surface area contributed by atoms with Gasteiger partial charge in [-0.05, 0) is 12.1 Å². The Balaban J connectivity index is 2.64. The van der Waals surface area contributed by atoms with Crippen molar-refractivity contribution >= 4 is 29.2 Å². The van der Waals surface area contributed by atoms with E-state index in [2.05, 4.69) is 10.4 Å². The highest BCUT2D eigenvalue weighted by atomic mass is 35.5. The third-order valence-corrected chi connectivity index (χ3v) is 2.84. The minimum Gasteiger partial charge on any atom is -0.307 e. The fourth-order valence-corrected chi connectivity index (χ4v) is 1.79. The molecule has 3 N–H and O–H groups in total. The lowest BCUT2D eigenvalue weighted by Gasteiger charge is -2.13. The number of hydrazine groups is 1. The number of hydrogen-bond donors (Lipinski definition) is 2. The number of aliphatic imine (C=N–C) groups is 1. The first kappa shape index (κ1) is 14.5. The molecule has 0 saturated carbocycles. The highest BCUT2D eigenvalue weighted by molar-refractivity contribution is 6.43. The summed E-state index contributed by atoms with van der Waals surface area (Å²) in [6, 6.07) is 1.38. The highest BCUT2D eigenvalue weighted by Crippen LogP contribution is 2.36. The Hall–Kier alpha value is -1.86. The topological polar surface area (TPSA) is 50.4 Å². The molecule has 0 unspecified atom stereocenters. The Morgan fingerprint density at radius 1 is 1.25 bits per heavy atom. The Bertz CT molecular complexity index is 632. The van der Waals surface area contributed by atoms with Crippen LogP contribution in [0.2, 0.25) is 0 Å². The van der Waals surface area contributed by atoms with Crippen LogP contribution in [-0.2, 0) is 6.18 Å². The van der Waals surface area contributed by atoms with E-state index >= 15 is 0 Å². The SMILES string of the molecule is NNC1=Nc2cc(F)c(C(F)(F)F)cc2/C=C/C=C/1Cl. The zero-order valence-electron chi connectivity index (χ0n) is 9.80. The fraction of sp³-hybridized carbons (Fsp3) is 0.0833. The Labute approximate surface area is 116 Å². The van der Waals surface area contributed by atoms with Crippen LogP contribution >= 0.6 is 11.6 Å². The smallest absolute Gasteiger partial charge is 0.307 e. The van der Waals surface area contributed by atoms with Crippen LogP contribution in [-0.4, -0.2) is 5.84 Å². The van der Waals surface area contributed by atoms with Crippen molar-refractivity contribution in [3.63, 3.8) is 0 Å². The van der Waals surface area contributed by atoms with E-state index in [0.29, 0.717) is 12.1 Å². The van der Waals surface area contributed by atoms with Gasteiger partial charge in [-0.1, -0.05) is 23.8 Å². The van der Waals surface area contributed by atoms with E-state index in [1.807, 2.05) is 0 Å². The number of nitrogens with two attached hydrogens (primary N) is 1. The molecule has 0 saturated heterocycles. The maximum atomic E-state index is 13.5. The molecular formula is C12H8ClF4N3. The molecule has 2 rings (SSSR count). The summed E-state index contributed by atoms with van der Waals surface area (Å²) >= 11 is 5.83. The van der Waals surface area contributed by atoms with Crippen LogP contribution < -0.4 is 11.3 Å². The van der Waals surface area contributed by atoms with Crippen molar-refractivity contribution in [1.29, 1.82) is 0 Å². The standard InChI is InChI=1S/C12H8ClF4N3/c13-8-3-1-2-6-4-7(12(15,16)17)9(14)5-10(6)19-11(8)20-18/h1-5H,18H2,(H,19,20). The Kier molecular flexibility index (Phi) is 3.82. The second-order valence-electron chi connectivity index (χ2n) is 3.87. The number of nitrogens with one attached hydrogen (secondary N) is 1. The van der Waals surface area contributed by atoms with Crippen LogP contribution in [0.15, 0.2) is 34.3 Å². The van der Waals surface area contributed by atoms with E-state index in [-0.39, 0.29) is 22.1 Å². The summed E-state index contributed by atoms with van der Waals surface area (Å²) in [4.78, 5) is 3.90. The van der Waals surface area contributed by atoms with E-state index in [1.165, 1.54) is 18.2 Å². The van der Waals surface area contributed by atoms with Gasteiger partial charge in [-0.3, -0.25) is 0 Å². The molecule has 0 atom stereocenters. The van der Waals surface area contributed by atoms with Gasteiger partial charge in [0.2, 0.25) is 0 Å². The predicted octanol–water partition coefficient (Wildman–Crippen LogP) is 3.49. The number of benzene rings is 1. The fourth-order valence-electron chi connectivity index (χ4n) is 1.62. The number of fused-ring (bicyclic) bond motifs is 1. The maximum Gasteiger partial charge on any atom is 0.419 e. The lowest BCUT2D eigenvalue weighted by atomic mass is 10.1. The molecule has 1 heterocycles. The lowest BCUT2D eigenvalue weighted by molar-refractivity contribution is -0.139. The third kappa shape index (κ3) is 2.83. The molecule has 0 fully saturated rings. The summed E-state index contributed by atoms with van der Waals surface area (Å²) in [5, 5.41) is 0.148. The molecule has 20 heavy (non-hydrogen) atoms. The molecule has 0 aromatic heterocycles. The third-order valence-electron chi connectivity index (χ3n) is 2.54. The first-order chi connectivity index (χ1) is 9.32. The van der Waals surface area contributed by atoms with Crippen molar-refractivity contribution in [2.45, 2.75) is 6.18 Å². The molecule has 3 nitrogen and oxygen atoms in total. The van der Waals surface area contributed by atoms with Gasteiger partial charge in [0, 0.05) is 11.6 Å². The van der Waals surface area contributed by atoms with Crippen molar-refractivity contribution in [3.8, 4) is 0 Å². The van der Waals surface area contributed by atoms with Crippen LogP contribution in [0.1, 0.15) is 11.1 Å². The summed E-state index contributed by atoms with van der Waals surface area (Å²) in [6.45, 7) is 0. The second kappa shape index (κ2) is 5.26. The summed E-state index contributed by atoms with van der Waals surface area (Å²) < 4.78 is 51.4. The number of halogens is 5. The normalized spacial score (nSPS) is 19.1. The van der Waals surface area contributed by atoms with Gasteiger partial charge in [0.25, 0.3) is 0 Å². The van der Waals surface area contributed by atoms with E-state index in [1.54, 1.807) is 0 Å². The predicted molar refractivity (Wildman–Crippen MR) is 68.8 cm³/mol. The second-order valence-corrected chi connectivity index (χ2v) is 4.27. The van der Waals surface area contributed by atoms with E-state index in [4.69, 9.17) is 17.4 Å². The summed E-state index contributed by atoms with van der Waals surface area (Å²) in [5.74, 6) is 3.82. The first-order valence-electron chi connectivity index (χ1n) is 5.33. The Morgan fingerprint density at radius 3 is 2.55 bits per heavy atom. The number of amidine groups is 1. The molecular weight excluding hydrogens is 298 g/mol. The van der Waals surface area contributed by atoms with Crippen LogP contribution in [0.4, 0.5) is 23.2 Å². The van der Waals surface area contributed by atoms with Crippen LogP contribution in [0.5, 0.6) is 0 Å². The van der Waals surface area contributed by atoms with Gasteiger partial charge in [0.15, 0.2) is 5.84 Å². The molecule has 0 bridgehead atoms. The van der Waals surface area contributed by atoms with Crippen molar-refractivity contribution in [2.75, 3.05) is 0 Å². The van der Waals surface area contributed by atoms with Crippen molar-refractivity contribution in [2.24, 2.45) is 10.8 Å². The molecule has 1 aliphatic rings. The number of rotatable bonds is 0. The molecule has 0 radical (unpaired) electrons. The van der Waals surface area contributed by atoms with E-state index < -0.39 is 17.6 Å². The average molecular weight is 306 g/mol. The van der Waals surface area contributed by atoms with Crippen LogP contribution in [0.25, 0.3) is 6.08 Å². The summed E-state index contributed by atoms with van der Waals surface area (Å²) in [7, 11) is 0. The number of nitrogens with zero attached hydrogens (tertiary/aromatic N) is 1. The molecule has 1 aliphatic heterocycles. The molecule has 1 aromatic carbocycles. The monoisotopic (exact) mass is 305 g/mol. The van der Waals surface area contributed by atoms with Gasteiger partial charge in [-0.2, -0.15) is 13.2 Å². The largest absolute Gasteiger partial charge is 0.419 e. The zero-order chi connectivity index (χ0) is 14.9. The molecule has 1 aromatic rings. The summed E-state index contributed by atoms with van der Waals surface area (Å²) in [5.41, 5.74) is 0.940. The molecule has 106 valence electrons. The summed E-state index contributed by atoms with van der Waals surface area (Å²) in [6.07, 6.45) is -0.601. The zero-order valence-corrected chi connectivity index (χ0v) is 10.6. The van der Waals surface area contributed by atoms with E-state index in [9.17, 15) is 17.6 Å². The van der Waals surface area contributed by atoms with Crippen LogP contribution in [0.3, 0.4) is 0 Å². The van der Waals surface area contributed by atoms with Crippen LogP contribution in [0, 0.1) is 5.82 Å². The van der Waals surface area contributed by atoms with E-state index in [0.717, 1.165) is 0 Å².